The van der Waals surface area contributed by atoms with Crippen LogP contribution in [-0.4, -0.2) is 47.0 Å². The minimum atomic E-state index is 0.363. The summed E-state index contributed by atoms with van der Waals surface area (Å²) in [5, 5.41) is 0. The number of pyridine rings is 2. The molecule has 0 N–H and O–H groups in total. The fraction of sp³-hybridized carbons (Fsp3) is 0.474. The van der Waals surface area contributed by atoms with Crippen molar-refractivity contribution in [3.63, 3.8) is 0 Å². The van der Waals surface area contributed by atoms with Gasteiger partial charge >= 0.3 is 0 Å². The zero-order valence-corrected chi connectivity index (χ0v) is 13.8. The molecule has 2 aromatic heterocycles. The van der Waals surface area contributed by atoms with Crippen LogP contribution in [0, 0.1) is 11.8 Å². The Morgan fingerprint density at radius 2 is 1.35 bits per heavy atom. The molecule has 4 heterocycles. The second-order valence-electron chi connectivity index (χ2n) is 7.04. The molecular weight excluding hydrogens is 284 g/mol. The van der Waals surface area contributed by atoms with Crippen LogP contribution in [-0.2, 0) is 0 Å². The first kappa shape index (κ1) is 14.8. The van der Waals surface area contributed by atoms with E-state index in [1.807, 2.05) is 24.5 Å². The average molecular weight is 308 g/mol. The third kappa shape index (κ3) is 2.66. The van der Waals surface area contributed by atoms with Gasteiger partial charge < -0.3 is 4.90 Å². The lowest BCUT2D eigenvalue weighted by Gasteiger charge is -2.53. The molecule has 4 unspecified atom stereocenters. The lowest BCUT2D eigenvalue weighted by atomic mass is 9.73. The number of fused-ring (bicyclic) bond motifs is 2. The van der Waals surface area contributed by atoms with Crippen molar-refractivity contribution < 1.29 is 0 Å². The fourth-order valence-electron chi connectivity index (χ4n) is 4.71. The highest BCUT2D eigenvalue weighted by Crippen LogP contribution is 2.48. The lowest BCUT2D eigenvalue weighted by Crippen LogP contribution is -2.53. The molecule has 23 heavy (non-hydrogen) atoms. The molecular formula is C19H24N4. The van der Waals surface area contributed by atoms with Crippen LogP contribution in [0.2, 0.25) is 0 Å². The number of aromatic nitrogens is 2. The maximum atomic E-state index is 4.67. The van der Waals surface area contributed by atoms with Gasteiger partial charge in [-0.3, -0.25) is 14.9 Å². The maximum Gasteiger partial charge on any atom is 0.0578 e. The zero-order valence-electron chi connectivity index (χ0n) is 13.8. The molecule has 2 aliphatic rings. The van der Waals surface area contributed by atoms with Crippen LogP contribution in [0.15, 0.2) is 48.8 Å². The SMILES string of the molecule is CN1CC2CC(C1)C(c1ccccn1)N(C)C2c1ccccn1. The molecule has 2 aliphatic heterocycles. The Bertz CT molecular complexity index is 589. The fourth-order valence-corrected chi connectivity index (χ4v) is 4.71. The number of hydrogen-bond donors (Lipinski definition) is 0. The van der Waals surface area contributed by atoms with Gasteiger partial charge in [-0.15, -0.1) is 0 Å². The van der Waals surface area contributed by atoms with Gasteiger partial charge in [0.15, 0.2) is 0 Å². The quantitative estimate of drug-likeness (QED) is 0.854. The number of piperidine rings is 2. The van der Waals surface area contributed by atoms with Crippen molar-refractivity contribution in [3.8, 4) is 0 Å². The maximum absolute atomic E-state index is 4.67. The molecule has 4 rings (SSSR count). The van der Waals surface area contributed by atoms with Crippen molar-refractivity contribution in [1.29, 1.82) is 0 Å². The third-order valence-corrected chi connectivity index (χ3v) is 5.45. The topological polar surface area (TPSA) is 32.3 Å². The van der Waals surface area contributed by atoms with Crippen molar-refractivity contribution >= 4 is 0 Å². The minimum Gasteiger partial charge on any atom is -0.306 e. The van der Waals surface area contributed by atoms with Crippen molar-refractivity contribution in [1.82, 2.24) is 19.8 Å². The summed E-state index contributed by atoms with van der Waals surface area (Å²) in [6.45, 7) is 2.30. The Hall–Kier alpha value is -1.78. The third-order valence-electron chi connectivity index (χ3n) is 5.45. The number of rotatable bonds is 2. The predicted octanol–water partition coefficient (Wildman–Crippen LogP) is 2.77. The lowest BCUT2D eigenvalue weighted by molar-refractivity contribution is -0.0422. The molecule has 0 aromatic carbocycles. The Morgan fingerprint density at radius 3 is 1.78 bits per heavy atom. The van der Waals surface area contributed by atoms with E-state index >= 15 is 0 Å². The Morgan fingerprint density at radius 1 is 0.826 bits per heavy atom. The number of hydrogen-bond acceptors (Lipinski definition) is 4. The van der Waals surface area contributed by atoms with Gasteiger partial charge in [-0.2, -0.15) is 0 Å². The molecule has 0 saturated carbocycles. The van der Waals surface area contributed by atoms with Gasteiger partial charge in [0.05, 0.1) is 23.5 Å². The van der Waals surface area contributed by atoms with Gasteiger partial charge in [-0.05, 0) is 56.6 Å². The molecule has 2 fully saturated rings. The van der Waals surface area contributed by atoms with E-state index in [4.69, 9.17) is 0 Å². The molecule has 0 aliphatic carbocycles. The van der Waals surface area contributed by atoms with Gasteiger partial charge in [-0.25, -0.2) is 0 Å². The summed E-state index contributed by atoms with van der Waals surface area (Å²) < 4.78 is 0. The van der Waals surface area contributed by atoms with E-state index in [9.17, 15) is 0 Å². The van der Waals surface area contributed by atoms with Crippen LogP contribution in [0.25, 0.3) is 0 Å². The highest BCUT2D eigenvalue weighted by molar-refractivity contribution is 5.19. The van der Waals surface area contributed by atoms with Crippen LogP contribution >= 0.6 is 0 Å². The summed E-state index contributed by atoms with van der Waals surface area (Å²) in [5.74, 6) is 1.28. The highest BCUT2D eigenvalue weighted by atomic mass is 15.2. The predicted molar refractivity (Wildman–Crippen MR) is 90.8 cm³/mol. The zero-order chi connectivity index (χ0) is 15.8. The van der Waals surface area contributed by atoms with Crippen LogP contribution < -0.4 is 0 Å². The van der Waals surface area contributed by atoms with Gasteiger partial charge in [-0.1, -0.05) is 12.1 Å². The second-order valence-corrected chi connectivity index (χ2v) is 7.04. The highest BCUT2D eigenvalue weighted by Gasteiger charge is 2.46. The van der Waals surface area contributed by atoms with Gasteiger partial charge in [0.2, 0.25) is 0 Å². The normalized spacial score (nSPS) is 31.9. The van der Waals surface area contributed by atoms with Crippen LogP contribution in [0.5, 0.6) is 0 Å². The van der Waals surface area contributed by atoms with Crippen LogP contribution in [0.1, 0.15) is 29.9 Å². The van der Waals surface area contributed by atoms with E-state index in [2.05, 4.69) is 58.1 Å². The Kier molecular flexibility index (Phi) is 3.87. The van der Waals surface area contributed by atoms with Crippen molar-refractivity contribution in [2.75, 3.05) is 27.2 Å². The number of nitrogens with zero attached hydrogens (tertiary/aromatic N) is 4. The van der Waals surface area contributed by atoms with E-state index in [-0.39, 0.29) is 0 Å². The number of likely N-dealkylation sites (tertiary alicyclic amines) is 2. The molecule has 120 valence electrons. The van der Waals surface area contributed by atoms with Gasteiger partial charge in [0, 0.05) is 25.5 Å². The van der Waals surface area contributed by atoms with E-state index < -0.39 is 0 Å². The molecule has 0 radical (unpaired) electrons. The van der Waals surface area contributed by atoms with Crippen molar-refractivity contribution in [2.24, 2.45) is 11.8 Å². The summed E-state index contributed by atoms with van der Waals surface area (Å²) in [7, 11) is 4.50. The first-order valence-electron chi connectivity index (χ1n) is 8.46. The van der Waals surface area contributed by atoms with Crippen molar-refractivity contribution in [3.05, 3.63) is 60.2 Å². The summed E-state index contributed by atoms with van der Waals surface area (Å²) in [5.41, 5.74) is 2.38. The molecule has 4 nitrogen and oxygen atoms in total. The smallest absolute Gasteiger partial charge is 0.0578 e. The molecule has 2 saturated heterocycles. The summed E-state index contributed by atoms with van der Waals surface area (Å²) in [6, 6.07) is 13.3. The van der Waals surface area contributed by atoms with Gasteiger partial charge in [0.1, 0.15) is 0 Å². The van der Waals surface area contributed by atoms with E-state index in [0.717, 1.165) is 13.1 Å². The van der Waals surface area contributed by atoms with E-state index in [0.29, 0.717) is 23.9 Å². The Labute approximate surface area is 138 Å². The monoisotopic (exact) mass is 308 g/mol. The van der Waals surface area contributed by atoms with E-state index in [1.54, 1.807) is 0 Å². The Balaban J connectivity index is 1.75. The molecule has 2 bridgehead atoms. The van der Waals surface area contributed by atoms with Crippen LogP contribution in [0.4, 0.5) is 0 Å². The molecule has 0 amide bonds. The molecule has 4 atom stereocenters. The molecule has 0 spiro atoms. The minimum absolute atomic E-state index is 0.363. The first-order chi connectivity index (χ1) is 11.2. The summed E-state index contributed by atoms with van der Waals surface area (Å²) in [6.07, 6.45) is 5.09. The second kappa shape index (κ2) is 6.02. The molecule has 4 heteroatoms. The van der Waals surface area contributed by atoms with Crippen LogP contribution in [0.3, 0.4) is 0 Å². The summed E-state index contributed by atoms with van der Waals surface area (Å²) in [4.78, 5) is 14.4. The average Bonchev–Trinajstić information content (AvgIpc) is 2.56. The van der Waals surface area contributed by atoms with E-state index in [1.165, 1.54) is 17.8 Å². The largest absolute Gasteiger partial charge is 0.306 e. The first-order valence-corrected chi connectivity index (χ1v) is 8.46. The molecule has 2 aromatic rings. The standard InChI is InChI=1S/C19H24N4/c1-22-12-14-11-15(13-22)19(17-8-4-6-10-21-17)23(2)18(14)16-7-3-5-9-20-16/h3-10,14-15,18-19H,11-13H2,1-2H3. The van der Waals surface area contributed by atoms with Crippen molar-refractivity contribution in [2.45, 2.75) is 18.5 Å². The summed E-state index contributed by atoms with van der Waals surface area (Å²) >= 11 is 0. The van der Waals surface area contributed by atoms with Gasteiger partial charge in [0.25, 0.3) is 0 Å².